The van der Waals surface area contributed by atoms with Crippen molar-refractivity contribution in [2.45, 2.75) is 26.5 Å². The van der Waals surface area contributed by atoms with Gasteiger partial charge in [0.25, 0.3) is 11.5 Å². The number of esters is 1. The number of amides is 1. The average Bonchev–Trinajstić information content (AvgIpc) is 2.74. The SMILES string of the molecule is CCn1nc(C(=O)O[C@@H](C)C(=O)Nc2ccc(F)c(F)c2F)c2ccccc2c1=O. The number of carbonyl (C=O) groups is 2. The van der Waals surface area contributed by atoms with Crippen LogP contribution in [0.25, 0.3) is 10.8 Å². The van der Waals surface area contributed by atoms with E-state index in [4.69, 9.17) is 4.74 Å². The lowest BCUT2D eigenvalue weighted by molar-refractivity contribution is -0.123. The molecule has 0 saturated heterocycles. The van der Waals surface area contributed by atoms with Crippen molar-refractivity contribution in [3.05, 3.63) is 69.9 Å². The van der Waals surface area contributed by atoms with E-state index in [-0.39, 0.29) is 28.6 Å². The third kappa shape index (κ3) is 3.88. The molecule has 3 aromatic rings. The molecule has 3 rings (SSSR count). The molecule has 156 valence electrons. The molecule has 1 N–H and O–H groups in total. The molecule has 30 heavy (non-hydrogen) atoms. The third-order valence-electron chi connectivity index (χ3n) is 4.31. The highest BCUT2D eigenvalue weighted by molar-refractivity contribution is 6.03. The molecule has 0 saturated carbocycles. The van der Waals surface area contributed by atoms with Crippen LogP contribution >= 0.6 is 0 Å². The van der Waals surface area contributed by atoms with Gasteiger partial charge in [-0.1, -0.05) is 18.2 Å². The number of halogens is 3. The van der Waals surface area contributed by atoms with Gasteiger partial charge in [0, 0.05) is 11.9 Å². The molecule has 0 spiro atoms. The molecule has 10 heteroatoms. The maximum Gasteiger partial charge on any atom is 0.360 e. The van der Waals surface area contributed by atoms with E-state index in [2.05, 4.69) is 5.10 Å². The number of anilines is 1. The third-order valence-corrected chi connectivity index (χ3v) is 4.31. The minimum absolute atomic E-state index is 0.175. The monoisotopic (exact) mass is 419 g/mol. The Morgan fingerprint density at radius 2 is 1.77 bits per heavy atom. The number of carbonyl (C=O) groups excluding carboxylic acids is 2. The van der Waals surface area contributed by atoms with Crippen molar-refractivity contribution in [3.63, 3.8) is 0 Å². The van der Waals surface area contributed by atoms with Crippen LogP contribution in [0.4, 0.5) is 18.9 Å². The van der Waals surface area contributed by atoms with Gasteiger partial charge < -0.3 is 10.1 Å². The van der Waals surface area contributed by atoms with Gasteiger partial charge in [-0.3, -0.25) is 9.59 Å². The summed E-state index contributed by atoms with van der Waals surface area (Å²) in [5.74, 6) is -6.68. The van der Waals surface area contributed by atoms with Crippen LogP contribution in [0.2, 0.25) is 0 Å². The molecule has 1 heterocycles. The fourth-order valence-corrected chi connectivity index (χ4v) is 2.73. The quantitative estimate of drug-likeness (QED) is 0.507. The Kier molecular flexibility index (Phi) is 5.86. The number of benzene rings is 2. The number of ether oxygens (including phenoxy) is 1. The predicted molar refractivity (Wildman–Crippen MR) is 102 cm³/mol. The molecule has 0 bridgehead atoms. The van der Waals surface area contributed by atoms with Gasteiger partial charge in [-0.05, 0) is 32.0 Å². The van der Waals surface area contributed by atoms with Crippen LogP contribution in [0.15, 0.2) is 41.2 Å². The summed E-state index contributed by atoms with van der Waals surface area (Å²) in [4.78, 5) is 37.2. The number of nitrogens with one attached hydrogen (secondary N) is 1. The van der Waals surface area contributed by atoms with E-state index in [1.54, 1.807) is 19.1 Å². The summed E-state index contributed by atoms with van der Waals surface area (Å²) in [6, 6.07) is 7.77. The van der Waals surface area contributed by atoms with Gasteiger partial charge >= 0.3 is 5.97 Å². The highest BCUT2D eigenvalue weighted by atomic mass is 19.2. The molecular weight excluding hydrogens is 403 g/mol. The van der Waals surface area contributed by atoms with E-state index in [0.29, 0.717) is 6.07 Å². The number of hydrogen-bond acceptors (Lipinski definition) is 5. The Labute approximate surface area is 168 Å². The molecule has 0 radical (unpaired) electrons. The second kappa shape index (κ2) is 8.36. The summed E-state index contributed by atoms with van der Waals surface area (Å²) >= 11 is 0. The topological polar surface area (TPSA) is 90.3 Å². The van der Waals surface area contributed by atoms with Crippen LogP contribution < -0.4 is 10.9 Å². The number of nitrogens with zero attached hydrogens (tertiary/aromatic N) is 2. The average molecular weight is 419 g/mol. The lowest BCUT2D eigenvalue weighted by Gasteiger charge is -2.15. The molecule has 0 aliphatic carbocycles. The molecule has 0 unspecified atom stereocenters. The molecule has 2 aromatic carbocycles. The molecule has 0 aliphatic heterocycles. The number of fused-ring (bicyclic) bond motifs is 1. The molecular formula is C20H16F3N3O4. The van der Waals surface area contributed by atoms with E-state index in [9.17, 15) is 27.6 Å². The Hall–Kier alpha value is -3.69. The number of hydrogen-bond donors (Lipinski definition) is 1. The first-order valence-electron chi connectivity index (χ1n) is 8.89. The lowest BCUT2D eigenvalue weighted by Crippen LogP contribution is -2.32. The Morgan fingerprint density at radius 1 is 1.10 bits per heavy atom. The minimum Gasteiger partial charge on any atom is -0.448 e. The summed E-state index contributed by atoms with van der Waals surface area (Å²) in [6.45, 7) is 3.09. The van der Waals surface area contributed by atoms with Crippen molar-refractivity contribution < 1.29 is 27.5 Å². The van der Waals surface area contributed by atoms with Gasteiger partial charge in [0.1, 0.15) is 0 Å². The van der Waals surface area contributed by atoms with Crippen LogP contribution in [0.5, 0.6) is 0 Å². The van der Waals surface area contributed by atoms with E-state index in [1.807, 2.05) is 5.32 Å². The highest BCUT2D eigenvalue weighted by Gasteiger charge is 2.24. The Morgan fingerprint density at radius 3 is 2.43 bits per heavy atom. The molecule has 0 fully saturated rings. The van der Waals surface area contributed by atoms with Crippen LogP contribution in [0, 0.1) is 17.5 Å². The van der Waals surface area contributed by atoms with Crippen LogP contribution in [0.1, 0.15) is 24.3 Å². The first-order valence-corrected chi connectivity index (χ1v) is 8.89. The zero-order valence-corrected chi connectivity index (χ0v) is 15.9. The van der Waals surface area contributed by atoms with E-state index < -0.39 is 41.1 Å². The van der Waals surface area contributed by atoms with E-state index >= 15 is 0 Å². The van der Waals surface area contributed by atoms with E-state index in [1.165, 1.54) is 19.1 Å². The van der Waals surface area contributed by atoms with Crippen LogP contribution in [-0.2, 0) is 16.1 Å². The second-order valence-corrected chi connectivity index (χ2v) is 6.27. The zero-order valence-electron chi connectivity index (χ0n) is 15.9. The highest BCUT2D eigenvalue weighted by Crippen LogP contribution is 2.20. The van der Waals surface area contributed by atoms with Crippen LogP contribution in [0.3, 0.4) is 0 Å². The van der Waals surface area contributed by atoms with E-state index in [0.717, 1.165) is 10.7 Å². The lowest BCUT2D eigenvalue weighted by atomic mass is 10.1. The molecule has 7 nitrogen and oxygen atoms in total. The van der Waals surface area contributed by atoms with Gasteiger partial charge in [0.15, 0.2) is 29.2 Å². The van der Waals surface area contributed by atoms with Crippen molar-refractivity contribution in [2.24, 2.45) is 0 Å². The molecule has 1 amide bonds. The van der Waals surface area contributed by atoms with Gasteiger partial charge in [0.05, 0.1) is 11.1 Å². The zero-order chi connectivity index (χ0) is 22.0. The first-order chi connectivity index (χ1) is 14.2. The van der Waals surface area contributed by atoms with Gasteiger partial charge in [-0.2, -0.15) is 5.10 Å². The number of aromatic nitrogens is 2. The van der Waals surface area contributed by atoms with Crippen LogP contribution in [-0.4, -0.2) is 27.8 Å². The summed E-state index contributed by atoms with van der Waals surface area (Å²) < 4.78 is 46.2. The van der Waals surface area contributed by atoms with Crippen molar-refractivity contribution in [1.82, 2.24) is 9.78 Å². The molecule has 0 aliphatic rings. The maximum absolute atomic E-state index is 13.7. The smallest absolute Gasteiger partial charge is 0.360 e. The summed E-state index contributed by atoms with van der Waals surface area (Å²) in [6.07, 6.45) is -1.42. The fraction of sp³-hybridized carbons (Fsp3) is 0.200. The van der Waals surface area contributed by atoms with Crippen molar-refractivity contribution in [1.29, 1.82) is 0 Å². The number of aryl methyl sites for hydroxylation is 1. The van der Waals surface area contributed by atoms with Gasteiger partial charge in [-0.15, -0.1) is 0 Å². The Balaban J connectivity index is 1.84. The largest absolute Gasteiger partial charge is 0.448 e. The van der Waals surface area contributed by atoms with Gasteiger partial charge in [-0.25, -0.2) is 22.6 Å². The fourth-order valence-electron chi connectivity index (χ4n) is 2.73. The normalized spacial score (nSPS) is 11.9. The number of rotatable bonds is 5. The second-order valence-electron chi connectivity index (χ2n) is 6.27. The minimum atomic E-state index is -1.74. The van der Waals surface area contributed by atoms with Crippen molar-refractivity contribution >= 4 is 28.3 Å². The van der Waals surface area contributed by atoms with Gasteiger partial charge in [0.2, 0.25) is 0 Å². The summed E-state index contributed by atoms with van der Waals surface area (Å²) in [7, 11) is 0. The van der Waals surface area contributed by atoms with Crippen molar-refractivity contribution in [2.75, 3.05) is 5.32 Å². The maximum atomic E-state index is 13.7. The van der Waals surface area contributed by atoms with Crippen molar-refractivity contribution in [3.8, 4) is 0 Å². The summed E-state index contributed by atoms with van der Waals surface area (Å²) in [5, 5.41) is 6.53. The standard InChI is InChI=1S/C20H16F3N3O4/c1-3-26-19(28)12-7-5-4-6-11(12)17(25-26)20(29)30-10(2)18(27)24-14-9-8-13(21)15(22)16(14)23/h4-10H,3H2,1-2H3,(H,24,27)/t10-/m0/s1. The molecule has 1 atom stereocenters. The first kappa shape index (κ1) is 21.0. The predicted octanol–water partition coefficient (Wildman–Crippen LogP) is 3.02. The Bertz CT molecular complexity index is 1210. The molecule has 1 aromatic heterocycles. The summed E-state index contributed by atoms with van der Waals surface area (Å²) in [5.41, 5.74) is -1.17.